The molecule has 0 aromatic heterocycles. The summed E-state index contributed by atoms with van der Waals surface area (Å²) >= 11 is 0. The molecule has 3 rings (SSSR count). The van der Waals surface area contributed by atoms with Gasteiger partial charge in [-0.25, -0.2) is 0 Å². The van der Waals surface area contributed by atoms with Crippen molar-refractivity contribution in [1.82, 2.24) is 0 Å². The van der Waals surface area contributed by atoms with Crippen LogP contribution in [0.4, 0.5) is 11.4 Å². The molecule has 3 heteroatoms. The zero-order chi connectivity index (χ0) is 12.8. The fraction of sp³-hybridized carbons (Fsp3) is 0.533. The van der Waals surface area contributed by atoms with Crippen LogP contribution in [0.5, 0.6) is 0 Å². The highest BCUT2D eigenvalue weighted by atomic mass is 16.2. The quantitative estimate of drug-likeness (QED) is 0.735. The third-order valence-electron chi connectivity index (χ3n) is 4.36. The molecular formula is C15H20N2O. The van der Waals surface area contributed by atoms with Crippen LogP contribution in [0.15, 0.2) is 18.2 Å². The van der Waals surface area contributed by atoms with E-state index in [2.05, 4.69) is 29.7 Å². The minimum atomic E-state index is -0.366. The van der Waals surface area contributed by atoms with Gasteiger partial charge in [0.25, 0.3) is 0 Å². The van der Waals surface area contributed by atoms with Crippen LogP contribution in [0.2, 0.25) is 0 Å². The lowest BCUT2D eigenvalue weighted by Gasteiger charge is -2.42. The molecule has 2 N–H and O–H groups in total. The van der Waals surface area contributed by atoms with Crippen LogP contribution in [0, 0.1) is 12.8 Å². The van der Waals surface area contributed by atoms with Gasteiger partial charge in [0.1, 0.15) is 5.54 Å². The topological polar surface area (TPSA) is 41.1 Å². The second-order valence-corrected chi connectivity index (χ2v) is 5.89. The van der Waals surface area contributed by atoms with Crippen molar-refractivity contribution in [1.29, 1.82) is 0 Å². The lowest BCUT2D eigenvalue weighted by atomic mass is 9.75. The molecular weight excluding hydrogens is 224 g/mol. The first kappa shape index (κ1) is 11.6. The molecule has 0 unspecified atom stereocenters. The fourth-order valence-corrected chi connectivity index (χ4v) is 3.03. The zero-order valence-electron chi connectivity index (χ0n) is 11.0. The molecule has 1 spiro atoms. The van der Waals surface area contributed by atoms with Crippen molar-refractivity contribution in [3.63, 3.8) is 0 Å². The van der Waals surface area contributed by atoms with Crippen LogP contribution >= 0.6 is 0 Å². The van der Waals surface area contributed by atoms with E-state index in [1.165, 1.54) is 5.56 Å². The molecule has 1 saturated carbocycles. The van der Waals surface area contributed by atoms with Crippen molar-refractivity contribution in [2.24, 2.45) is 5.92 Å². The van der Waals surface area contributed by atoms with Gasteiger partial charge in [0.15, 0.2) is 0 Å². The number of rotatable bonds is 0. The first-order chi connectivity index (χ1) is 8.59. The maximum absolute atomic E-state index is 12.4. The summed E-state index contributed by atoms with van der Waals surface area (Å²) in [5.74, 6) is 0.886. The Morgan fingerprint density at radius 3 is 2.67 bits per heavy atom. The summed E-state index contributed by atoms with van der Waals surface area (Å²) in [5.41, 5.74) is 2.79. The average Bonchev–Trinajstić information content (AvgIpc) is 2.35. The van der Waals surface area contributed by atoms with Gasteiger partial charge in [0.2, 0.25) is 5.91 Å². The van der Waals surface area contributed by atoms with Crippen LogP contribution in [0.1, 0.15) is 38.2 Å². The molecule has 0 saturated heterocycles. The summed E-state index contributed by atoms with van der Waals surface area (Å²) in [6.07, 6.45) is 4.13. The highest BCUT2D eigenvalue weighted by molar-refractivity contribution is 6.06. The van der Waals surface area contributed by atoms with Gasteiger partial charge in [-0.2, -0.15) is 0 Å². The largest absolute Gasteiger partial charge is 0.370 e. The molecule has 1 aromatic carbocycles. The van der Waals surface area contributed by atoms with Crippen molar-refractivity contribution in [3.05, 3.63) is 23.8 Å². The molecule has 1 fully saturated rings. The fourth-order valence-electron chi connectivity index (χ4n) is 3.03. The maximum Gasteiger partial charge on any atom is 0.250 e. The molecule has 1 amide bonds. The molecule has 96 valence electrons. The number of amides is 1. The number of fused-ring (bicyclic) bond motifs is 1. The molecule has 18 heavy (non-hydrogen) atoms. The van der Waals surface area contributed by atoms with E-state index in [0.717, 1.165) is 43.0 Å². The van der Waals surface area contributed by atoms with Crippen molar-refractivity contribution < 1.29 is 4.79 Å². The number of hydrogen-bond donors (Lipinski definition) is 2. The smallest absolute Gasteiger partial charge is 0.250 e. The summed E-state index contributed by atoms with van der Waals surface area (Å²) in [6.45, 7) is 4.31. The van der Waals surface area contributed by atoms with E-state index in [0.29, 0.717) is 0 Å². The standard InChI is InChI=1S/C15H20N2O/c1-10-5-7-15(8-6-10)14(18)16-13-9-11(2)3-4-12(13)17-15/h3-4,9-10,17H,5-8H2,1-2H3,(H,16,18). The van der Waals surface area contributed by atoms with E-state index in [4.69, 9.17) is 0 Å². The molecule has 0 bridgehead atoms. The highest BCUT2D eigenvalue weighted by Gasteiger charge is 2.43. The number of anilines is 2. The molecule has 1 aliphatic heterocycles. The van der Waals surface area contributed by atoms with Gasteiger partial charge in [-0.1, -0.05) is 13.0 Å². The number of aryl methyl sites for hydroxylation is 1. The Hall–Kier alpha value is -1.51. The summed E-state index contributed by atoms with van der Waals surface area (Å²) in [6, 6.07) is 6.19. The van der Waals surface area contributed by atoms with E-state index in [1.54, 1.807) is 0 Å². The first-order valence-corrected chi connectivity index (χ1v) is 6.79. The van der Waals surface area contributed by atoms with Crippen molar-refractivity contribution in [2.75, 3.05) is 10.6 Å². The van der Waals surface area contributed by atoms with Gasteiger partial charge < -0.3 is 10.6 Å². The van der Waals surface area contributed by atoms with Gasteiger partial charge in [-0.15, -0.1) is 0 Å². The lowest BCUT2D eigenvalue weighted by Crippen LogP contribution is -2.54. The molecule has 3 nitrogen and oxygen atoms in total. The van der Waals surface area contributed by atoms with E-state index >= 15 is 0 Å². The Kier molecular flexibility index (Phi) is 2.58. The third kappa shape index (κ3) is 1.78. The van der Waals surface area contributed by atoms with Crippen molar-refractivity contribution in [2.45, 2.75) is 45.1 Å². The maximum atomic E-state index is 12.4. The second kappa shape index (κ2) is 4.01. The van der Waals surface area contributed by atoms with Gasteiger partial charge >= 0.3 is 0 Å². The summed E-state index contributed by atoms with van der Waals surface area (Å²) < 4.78 is 0. The van der Waals surface area contributed by atoms with E-state index < -0.39 is 0 Å². The second-order valence-electron chi connectivity index (χ2n) is 5.89. The minimum Gasteiger partial charge on any atom is -0.370 e. The zero-order valence-corrected chi connectivity index (χ0v) is 11.0. The number of carbonyl (C=O) groups is 1. The molecule has 2 aliphatic rings. The SMILES string of the molecule is Cc1ccc2c(c1)NC(=O)C1(CCC(C)CC1)N2. The Morgan fingerprint density at radius 1 is 1.22 bits per heavy atom. The normalized spacial score (nSPS) is 30.6. The van der Waals surface area contributed by atoms with Crippen LogP contribution < -0.4 is 10.6 Å². The van der Waals surface area contributed by atoms with Gasteiger partial charge in [-0.05, 0) is 56.2 Å². The summed E-state index contributed by atoms with van der Waals surface area (Å²) in [5, 5.41) is 6.57. The Balaban J connectivity index is 1.92. The highest BCUT2D eigenvalue weighted by Crippen LogP contribution is 2.40. The Bertz CT molecular complexity index is 487. The van der Waals surface area contributed by atoms with Crippen LogP contribution in [-0.4, -0.2) is 11.4 Å². The molecule has 0 atom stereocenters. The van der Waals surface area contributed by atoms with Crippen LogP contribution in [-0.2, 0) is 4.79 Å². The Labute approximate surface area is 108 Å². The molecule has 0 radical (unpaired) electrons. The number of hydrogen-bond acceptors (Lipinski definition) is 2. The third-order valence-corrected chi connectivity index (χ3v) is 4.36. The minimum absolute atomic E-state index is 0.146. The first-order valence-electron chi connectivity index (χ1n) is 6.79. The predicted molar refractivity (Wildman–Crippen MR) is 73.8 cm³/mol. The van der Waals surface area contributed by atoms with Gasteiger partial charge in [0, 0.05) is 0 Å². The molecule has 1 aromatic rings. The Morgan fingerprint density at radius 2 is 1.94 bits per heavy atom. The van der Waals surface area contributed by atoms with Gasteiger partial charge in [0.05, 0.1) is 11.4 Å². The molecule has 1 aliphatic carbocycles. The summed E-state index contributed by atoms with van der Waals surface area (Å²) in [7, 11) is 0. The van der Waals surface area contributed by atoms with Crippen LogP contribution in [0.3, 0.4) is 0 Å². The van der Waals surface area contributed by atoms with E-state index in [-0.39, 0.29) is 11.4 Å². The van der Waals surface area contributed by atoms with Crippen LogP contribution in [0.25, 0.3) is 0 Å². The lowest BCUT2D eigenvalue weighted by molar-refractivity contribution is -0.121. The number of benzene rings is 1. The van der Waals surface area contributed by atoms with Crippen molar-refractivity contribution >= 4 is 17.3 Å². The average molecular weight is 244 g/mol. The molecule has 1 heterocycles. The van der Waals surface area contributed by atoms with Crippen molar-refractivity contribution in [3.8, 4) is 0 Å². The number of carbonyl (C=O) groups excluding carboxylic acids is 1. The van der Waals surface area contributed by atoms with E-state index in [1.807, 2.05) is 13.0 Å². The monoisotopic (exact) mass is 244 g/mol. The predicted octanol–water partition coefficient (Wildman–Crippen LogP) is 3.31. The number of nitrogens with one attached hydrogen (secondary N) is 2. The summed E-state index contributed by atoms with van der Waals surface area (Å²) in [4.78, 5) is 12.4. The van der Waals surface area contributed by atoms with Gasteiger partial charge in [-0.3, -0.25) is 4.79 Å². The van der Waals surface area contributed by atoms with E-state index in [9.17, 15) is 4.79 Å².